The predicted octanol–water partition coefficient (Wildman–Crippen LogP) is 5.02. The number of nitrogens with zero attached hydrogens (tertiary/aromatic N) is 4. The number of ether oxygens (including phenoxy) is 2. The SMILES string of the molecule is COCCN(CCOC)S(=O)(=O)c1ccc(C(=O)N(/N=C/c2ccccc2)c2nc3ccc(Br)cc3s2)cc1. The number of hydrogen-bond donors (Lipinski definition) is 0. The molecule has 0 atom stereocenters. The van der Waals surface area contributed by atoms with Crippen LogP contribution in [0.3, 0.4) is 0 Å². The first-order valence-corrected chi connectivity index (χ1v) is 15.0. The van der Waals surface area contributed by atoms with Crippen LogP contribution in [-0.2, 0) is 19.5 Å². The molecule has 4 aromatic rings. The molecule has 204 valence electrons. The van der Waals surface area contributed by atoms with E-state index in [9.17, 15) is 13.2 Å². The van der Waals surface area contributed by atoms with Crippen LogP contribution in [0.25, 0.3) is 10.2 Å². The fraction of sp³-hybridized carbons (Fsp3) is 0.222. The minimum absolute atomic E-state index is 0.0652. The van der Waals surface area contributed by atoms with Gasteiger partial charge in [0.15, 0.2) is 0 Å². The lowest BCUT2D eigenvalue weighted by Crippen LogP contribution is -2.36. The molecule has 0 saturated heterocycles. The summed E-state index contributed by atoms with van der Waals surface area (Å²) in [5, 5.41) is 6.09. The molecule has 9 nitrogen and oxygen atoms in total. The van der Waals surface area contributed by atoms with Gasteiger partial charge >= 0.3 is 0 Å². The summed E-state index contributed by atoms with van der Waals surface area (Å²) in [6.07, 6.45) is 1.59. The number of hydrazone groups is 1. The molecule has 39 heavy (non-hydrogen) atoms. The Kier molecular flexibility index (Phi) is 9.94. The molecule has 1 heterocycles. The minimum Gasteiger partial charge on any atom is -0.383 e. The van der Waals surface area contributed by atoms with Crippen LogP contribution in [0.4, 0.5) is 5.13 Å². The average Bonchev–Trinajstić information content (AvgIpc) is 3.36. The van der Waals surface area contributed by atoms with Crippen molar-refractivity contribution >= 4 is 64.8 Å². The third-order valence-electron chi connectivity index (χ3n) is 5.66. The van der Waals surface area contributed by atoms with Crippen molar-refractivity contribution in [3.63, 3.8) is 0 Å². The van der Waals surface area contributed by atoms with Gasteiger partial charge in [0.2, 0.25) is 15.2 Å². The molecule has 0 fully saturated rings. The Labute approximate surface area is 239 Å². The molecule has 0 N–H and O–H groups in total. The number of halogens is 1. The van der Waals surface area contributed by atoms with E-state index in [2.05, 4.69) is 26.0 Å². The number of benzene rings is 3. The van der Waals surface area contributed by atoms with Crippen LogP contribution in [0, 0.1) is 0 Å². The van der Waals surface area contributed by atoms with Gasteiger partial charge in [0.05, 0.1) is 34.5 Å². The molecule has 1 aromatic heterocycles. The zero-order chi connectivity index (χ0) is 27.8. The summed E-state index contributed by atoms with van der Waals surface area (Å²) in [6, 6.07) is 20.9. The summed E-state index contributed by atoms with van der Waals surface area (Å²) in [7, 11) is -0.801. The number of fused-ring (bicyclic) bond motifs is 1. The lowest BCUT2D eigenvalue weighted by atomic mass is 10.2. The lowest BCUT2D eigenvalue weighted by molar-refractivity contribution is 0.0987. The number of thiazole rings is 1. The van der Waals surface area contributed by atoms with Crippen LogP contribution in [0.2, 0.25) is 0 Å². The summed E-state index contributed by atoms with van der Waals surface area (Å²) in [5.74, 6) is -0.445. The monoisotopic (exact) mass is 630 g/mol. The molecule has 0 aliphatic rings. The van der Waals surface area contributed by atoms with Gasteiger partial charge in [-0.2, -0.15) is 14.4 Å². The average molecular weight is 632 g/mol. The maximum absolute atomic E-state index is 13.7. The molecule has 3 aromatic carbocycles. The van der Waals surface area contributed by atoms with E-state index in [4.69, 9.17) is 9.47 Å². The molecule has 0 spiro atoms. The summed E-state index contributed by atoms with van der Waals surface area (Å²) in [4.78, 5) is 18.3. The van der Waals surface area contributed by atoms with E-state index in [-0.39, 0.29) is 36.8 Å². The van der Waals surface area contributed by atoms with Crippen LogP contribution in [0.1, 0.15) is 15.9 Å². The van der Waals surface area contributed by atoms with E-state index >= 15 is 0 Å². The van der Waals surface area contributed by atoms with Crippen molar-refractivity contribution in [2.45, 2.75) is 4.90 Å². The highest BCUT2D eigenvalue weighted by atomic mass is 79.9. The summed E-state index contributed by atoms with van der Waals surface area (Å²) < 4.78 is 39.7. The Bertz CT molecular complexity index is 1540. The van der Waals surface area contributed by atoms with Crippen molar-refractivity contribution in [1.29, 1.82) is 0 Å². The first kappa shape index (κ1) is 29.0. The highest BCUT2D eigenvalue weighted by molar-refractivity contribution is 9.10. The second kappa shape index (κ2) is 13.4. The third-order valence-corrected chi connectivity index (χ3v) is 9.06. The molecule has 0 aliphatic heterocycles. The van der Waals surface area contributed by atoms with Gasteiger partial charge in [-0.3, -0.25) is 4.79 Å². The zero-order valence-corrected chi connectivity index (χ0v) is 24.6. The molecule has 0 aliphatic carbocycles. The number of rotatable bonds is 12. The van der Waals surface area contributed by atoms with Crippen molar-refractivity contribution in [2.24, 2.45) is 5.10 Å². The normalized spacial score (nSPS) is 12.0. The van der Waals surface area contributed by atoms with E-state index in [0.29, 0.717) is 5.13 Å². The van der Waals surface area contributed by atoms with Crippen molar-refractivity contribution in [1.82, 2.24) is 9.29 Å². The van der Waals surface area contributed by atoms with E-state index in [1.807, 2.05) is 48.5 Å². The minimum atomic E-state index is -3.82. The van der Waals surface area contributed by atoms with E-state index < -0.39 is 15.9 Å². The second-order valence-electron chi connectivity index (χ2n) is 8.29. The molecule has 0 bridgehead atoms. The van der Waals surface area contributed by atoms with Crippen molar-refractivity contribution in [2.75, 3.05) is 45.5 Å². The third kappa shape index (κ3) is 7.15. The molecule has 1 amide bonds. The predicted molar refractivity (Wildman–Crippen MR) is 157 cm³/mol. The molecular formula is C27H27BrN4O5S2. The van der Waals surface area contributed by atoms with Crippen LogP contribution in [-0.4, -0.2) is 70.4 Å². The van der Waals surface area contributed by atoms with Crippen molar-refractivity contribution in [3.05, 3.63) is 88.4 Å². The number of hydrogen-bond acceptors (Lipinski definition) is 8. The van der Waals surface area contributed by atoms with Gasteiger partial charge in [-0.05, 0) is 48.0 Å². The van der Waals surface area contributed by atoms with Gasteiger partial charge in [-0.15, -0.1) is 0 Å². The van der Waals surface area contributed by atoms with E-state index in [0.717, 1.165) is 20.3 Å². The molecule has 0 radical (unpaired) electrons. The van der Waals surface area contributed by atoms with Gasteiger partial charge in [0, 0.05) is 37.3 Å². The molecule has 0 unspecified atom stereocenters. The van der Waals surface area contributed by atoms with Gasteiger partial charge in [0.25, 0.3) is 5.91 Å². The Hall–Kier alpha value is -3.00. The Morgan fingerprint density at radius 3 is 2.31 bits per heavy atom. The maximum atomic E-state index is 13.7. The van der Waals surface area contributed by atoms with Gasteiger partial charge in [-0.25, -0.2) is 13.4 Å². The standard InChI is InChI=1S/C27H27BrN4O5S2/c1-36-16-14-31(15-17-37-2)39(34,35)23-11-8-21(9-12-23)26(33)32(29-19-20-6-4-3-5-7-20)27-30-24-13-10-22(28)18-25(24)38-27/h3-13,18-19H,14-17H2,1-2H3/b29-19+. The Morgan fingerprint density at radius 1 is 1.00 bits per heavy atom. The number of carbonyl (C=O) groups is 1. The van der Waals surface area contributed by atoms with Gasteiger partial charge in [0.1, 0.15) is 0 Å². The quantitative estimate of drug-likeness (QED) is 0.161. The molecule has 4 rings (SSSR count). The van der Waals surface area contributed by atoms with Crippen molar-refractivity contribution < 1.29 is 22.7 Å². The Balaban J connectivity index is 1.66. The highest BCUT2D eigenvalue weighted by Gasteiger charge is 2.26. The van der Waals surface area contributed by atoms with Crippen LogP contribution >= 0.6 is 27.3 Å². The summed E-state index contributed by atoms with van der Waals surface area (Å²) in [6.45, 7) is 0.844. The topological polar surface area (TPSA) is 101 Å². The number of carbonyl (C=O) groups excluding carboxylic acids is 1. The molecule has 0 saturated carbocycles. The Morgan fingerprint density at radius 2 is 1.67 bits per heavy atom. The second-order valence-corrected chi connectivity index (χ2v) is 12.2. The first-order chi connectivity index (χ1) is 18.8. The van der Waals surface area contributed by atoms with Gasteiger partial charge in [-0.1, -0.05) is 57.6 Å². The van der Waals surface area contributed by atoms with E-state index in [1.54, 1.807) is 6.21 Å². The number of methoxy groups -OCH3 is 2. The number of aromatic nitrogens is 1. The molecular weight excluding hydrogens is 604 g/mol. The fourth-order valence-corrected chi connectivity index (χ4v) is 6.49. The number of amides is 1. The summed E-state index contributed by atoms with van der Waals surface area (Å²) >= 11 is 4.80. The fourth-order valence-electron chi connectivity index (χ4n) is 3.61. The number of anilines is 1. The molecule has 12 heteroatoms. The van der Waals surface area contributed by atoms with Crippen LogP contribution in [0.15, 0.2) is 87.3 Å². The highest BCUT2D eigenvalue weighted by Crippen LogP contribution is 2.32. The van der Waals surface area contributed by atoms with Crippen LogP contribution < -0.4 is 5.01 Å². The van der Waals surface area contributed by atoms with E-state index in [1.165, 1.54) is 59.1 Å². The lowest BCUT2D eigenvalue weighted by Gasteiger charge is -2.21. The largest absolute Gasteiger partial charge is 0.383 e. The maximum Gasteiger partial charge on any atom is 0.280 e. The van der Waals surface area contributed by atoms with Gasteiger partial charge < -0.3 is 9.47 Å². The smallest absolute Gasteiger partial charge is 0.280 e. The first-order valence-electron chi connectivity index (χ1n) is 11.9. The summed E-state index contributed by atoms with van der Waals surface area (Å²) in [5.41, 5.74) is 1.81. The number of sulfonamides is 1. The van der Waals surface area contributed by atoms with Crippen molar-refractivity contribution in [3.8, 4) is 0 Å². The van der Waals surface area contributed by atoms with Crippen LogP contribution in [0.5, 0.6) is 0 Å². The zero-order valence-electron chi connectivity index (χ0n) is 21.4.